The fourth-order valence-corrected chi connectivity index (χ4v) is 2.46. The van der Waals surface area contributed by atoms with Crippen LogP contribution in [0.3, 0.4) is 0 Å². The highest BCUT2D eigenvalue weighted by Crippen LogP contribution is 2.31. The number of aliphatic carboxylic acids is 1. The summed E-state index contributed by atoms with van der Waals surface area (Å²) < 4.78 is 11.0. The second-order valence-electron chi connectivity index (χ2n) is 5.66. The molecule has 122 valence electrons. The standard InChI is InChI=1S/C19H22O4/c1-13(2)23-17-10-9-14(12-18(17)22-3)11-16(19(20)21)15-7-5-4-6-8-15/h4-10,12-13,16H,11H2,1-3H3,(H,20,21). The Labute approximate surface area is 136 Å². The first-order valence-electron chi connectivity index (χ1n) is 7.62. The third kappa shape index (κ3) is 4.49. The number of carboxylic acid groups (broad SMARTS) is 1. The molecule has 0 aliphatic heterocycles. The fourth-order valence-electron chi connectivity index (χ4n) is 2.46. The SMILES string of the molecule is COc1cc(CC(C(=O)O)c2ccccc2)ccc1OC(C)C. The van der Waals surface area contributed by atoms with E-state index in [0.717, 1.165) is 11.1 Å². The van der Waals surface area contributed by atoms with E-state index in [4.69, 9.17) is 9.47 Å². The molecule has 0 radical (unpaired) electrons. The van der Waals surface area contributed by atoms with Crippen molar-refractivity contribution in [1.82, 2.24) is 0 Å². The van der Waals surface area contributed by atoms with Crippen LogP contribution in [0.1, 0.15) is 30.9 Å². The average Bonchev–Trinajstić information content (AvgIpc) is 2.53. The van der Waals surface area contributed by atoms with E-state index in [0.29, 0.717) is 17.9 Å². The van der Waals surface area contributed by atoms with Crippen molar-refractivity contribution < 1.29 is 19.4 Å². The van der Waals surface area contributed by atoms with Gasteiger partial charge in [0.15, 0.2) is 11.5 Å². The summed E-state index contributed by atoms with van der Waals surface area (Å²) in [5.41, 5.74) is 1.69. The zero-order valence-corrected chi connectivity index (χ0v) is 13.7. The van der Waals surface area contributed by atoms with Gasteiger partial charge in [-0.2, -0.15) is 0 Å². The van der Waals surface area contributed by atoms with Crippen molar-refractivity contribution in [1.29, 1.82) is 0 Å². The number of benzene rings is 2. The Morgan fingerprint density at radius 1 is 1.09 bits per heavy atom. The van der Waals surface area contributed by atoms with Gasteiger partial charge >= 0.3 is 5.97 Å². The third-order valence-corrected chi connectivity index (χ3v) is 3.53. The van der Waals surface area contributed by atoms with E-state index in [1.54, 1.807) is 7.11 Å². The molecule has 4 heteroatoms. The maximum absolute atomic E-state index is 11.6. The molecule has 0 saturated carbocycles. The molecular weight excluding hydrogens is 292 g/mol. The van der Waals surface area contributed by atoms with E-state index in [2.05, 4.69) is 0 Å². The molecule has 0 spiro atoms. The van der Waals surface area contributed by atoms with E-state index in [1.807, 2.05) is 62.4 Å². The molecule has 1 atom stereocenters. The molecule has 0 aliphatic carbocycles. The van der Waals surface area contributed by atoms with Gasteiger partial charge in [-0.1, -0.05) is 36.4 Å². The predicted octanol–water partition coefficient (Wildman–Crippen LogP) is 3.89. The number of carboxylic acids is 1. The summed E-state index contributed by atoms with van der Waals surface area (Å²) in [7, 11) is 1.58. The van der Waals surface area contributed by atoms with Gasteiger partial charge in [0, 0.05) is 0 Å². The minimum absolute atomic E-state index is 0.0471. The lowest BCUT2D eigenvalue weighted by Crippen LogP contribution is -2.14. The second kappa shape index (κ2) is 7.68. The maximum Gasteiger partial charge on any atom is 0.311 e. The molecule has 0 aliphatic rings. The van der Waals surface area contributed by atoms with Crippen molar-refractivity contribution in [3.8, 4) is 11.5 Å². The number of hydrogen-bond donors (Lipinski definition) is 1. The summed E-state index contributed by atoms with van der Waals surface area (Å²) in [6.07, 6.45) is 0.448. The first kappa shape index (κ1) is 16.9. The molecule has 0 heterocycles. The third-order valence-electron chi connectivity index (χ3n) is 3.53. The lowest BCUT2D eigenvalue weighted by Gasteiger charge is -2.16. The van der Waals surface area contributed by atoms with Gasteiger partial charge in [0.2, 0.25) is 0 Å². The molecule has 0 saturated heterocycles. The van der Waals surface area contributed by atoms with Crippen molar-refractivity contribution in [2.45, 2.75) is 32.3 Å². The average molecular weight is 314 g/mol. The van der Waals surface area contributed by atoms with Gasteiger partial charge in [0.1, 0.15) is 0 Å². The van der Waals surface area contributed by atoms with Crippen LogP contribution >= 0.6 is 0 Å². The Morgan fingerprint density at radius 2 is 1.78 bits per heavy atom. The van der Waals surface area contributed by atoms with Crippen molar-refractivity contribution in [2.24, 2.45) is 0 Å². The van der Waals surface area contributed by atoms with Gasteiger partial charge in [-0.25, -0.2) is 0 Å². The molecule has 4 nitrogen and oxygen atoms in total. The Hall–Kier alpha value is -2.49. The zero-order valence-electron chi connectivity index (χ0n) is 13.7. The van der Waals surface area contributed by atoms with Gasteiger partial charge in [0.05, 0.1) is 19.1 Å². The van der Waals surface area contributed by atoms with Crippen molar-refractivity contribution >= 4 is 5.97 Å². The molecule has 1 unspecified atom stereocenters. The summed E-state index contributed by atoms with van der Waals surface area (Å²) in [5.74, 6) is -0.137. The molecule has 0 bridgehead atoms. The minimum atomic E-state index is -0.835. The molecule has 0 amide bonds. The van der Waals surface area contributed by atoms with Crippen LogP contribution in [0.25, 0.3) is 0 Å². The van der Waals surface area contributed by atoms with Gasteiger partial charge in [-0.3, -0.25) is 4.79 Å². The lowest BCUT2D eigenvalue weighted by atomic mass is 9.92. The van der Waals surface area contributed by atoms with E-state index in [9.17, 15) is 9.90 Å². The van der Waals surface area contributed by atoms with E-state index < -0.39 is 11.9 Å². The summed E-state index contributed by atoms with van der Waals surface area (Å²) in [5, 5.41) is 9.53. The van der Waals surface area contributed by atoms with E-state index >= 15 is 0 Å². The second-order valence-corrected chi connectivity index (χ2v) is 5.66. The Kier molecular flexibility index (Phi) is 5.63. The van der Waals surface area contributed by atoms with Gasteiger partial charge in [-0.15, -0.1) is 0 Å². The van der Waals surface area contributed by atoms with Crippen LogP contribution in [0.15, 0.2) is 48.5 Å². The number of hydrogen-bond acceptors (Lipinski definition) is 3. The molecule has 0 aromatic heterocycles. The molecule has 2 rings (SSSR count). The van der Waals surface area contributed by atoms with Gasteiger partial charge in [0.25, 0.3) is 0 Å². The summed E-state index contributed by atoms with van der Waals surface area (Å²) in [6, 6.07) is 14.8. The van der Waals surface area contributed by atoms with Crippen molar-refractivity contribution in [2.75, 3.05) is 7.11 Å². The van der Waals surface area contributed by atoms with Crippen LogP contribution in [0.5, 0.6) is 11.5 Å². The highest BCUT2D eigenvalue weighted by atomic mass is 16.5. The number of methoxy groups -OCH3 is 1. The van der Waals surface area contributed by atoms with Gasteiger partial charge in [-0.05, 0) is 43.5 Å². The normalized spacial score (nSPS) is 12.0. The van der Waals surface area contributed by atoms with Crippen LogP contribution in [-0.4, -0.2) is 24.3 Å². The number of ether oxygens (including phenoxy) is 2. The Balaban J connectivity index is 2.25. The predicted molar refractivity (Wildman–Crippen MR) is 89.3 cm³/mol. The van der Waals surface area contributed by atoms with Crippen LogP contribution in [0.4, 0.5) is 0 Å². The summed E-state index contributed by atoms with van der Waals surface area (Å²) >= 11 is 0. The fraction of sp³-hybridized carbons (Fsp3) is 0.316. The molecule has 2 aromatic carbocycles. The topological polar surface area (TPSA) is 55.8 Å². The molecule has 0 fully saturated rings. The number of carbonyl (C=O) groups is 1. The molecule has 2 aromatic rings. The molecule has 1 N–H and O–H groups in total. The van der Waals surface area contributed by atoms with Crippen molar-refractivity contribution in [3.05, 3.63) is 59.7 Å². The Morgan fingerprint density at radius 3 is 2.35 bits per heavy atom. The quantitative estimate of drug-likeness (QED) is 0.842. The van der Waals surface area contributed by atoms with Gasteiger partial charge < -0.3 is 14.6 Å². The minimum Gasteiger partial charge on any atom is -0.493 e. The van der Waals surface area contributed by atoms with Crippen LogP contribution in [-0.2, 0) is 11.2 Å². The largest absolute Gasteiger partial charge is 0.493 e. The van der Waals surface area contributed by atoms with Crippen LogP contribution in [0.2, 0.25) is 0 Å². The highest BCUT2D eigenvalue weighted by Gasteiger charge is 2.21. The summed E-state index contributed by atoms with van der Waals surface area (Å²) in [6.45, 7) is 3.90. The number of rotatable bonds is 7. The first-order valence-corrected chi connectivity index (χ1v) is 7.62. The summed E-state index contributed by atoms with van der Waals surface area (Å²) in [4.78, 5) is 11.6. The van der Waals surface area contributed by atoms with Crippen LogP contribution in [0, 0.1) is 0 Å². The first-order chi connectivity index (χ1) is 11.0. The molecular formula is C19H22O4. The molecule has 23 heavy (non-hydrogen) atoms. The smallest absolute Gasteiger partial charge is 0.311 e. The lowest BCUT2D eigenvalue weighted by molar-refractivity contribution is -0.138. The van der Waals surface area contributed by atoms with Crippen molar-refractivity contribution in [3.63, 3.8) is 0 Å². The zero-order chi connectivity index (χ0) is 16.8. The van der Waals surface area contributed by atoms with E-state index in [-0.39, 0.29) is 6.10 Å². The van der Waals surface area contributed by atoms with E-state index in [1.165, 1.54) is 0 Å². The van der Waals surface area contributed by atoms with Crippen LogP contribution < -0.4 is 9.47 Å². The maximum atomic E-state index is 11.6. The highest BCUT2D eigenvalue weighted by molar-refractivity contribution is 5.76. The monoisotopic (exact) mass is 314 g/mol. The Bertz CT molecular complexity index is 650.